The van der Waals surface area contributed by atoms with Crippen LogP contribution in [0.2, 0.25) is 0 Å². The van der Waals surface area contributed by atoms with Crippen LogP contribution in [-0.4, -0.2) is 21.7 Å². The van der Waals surface area contributed by atoms with Crippen LogP contribution in [0.3, 0.4) is 0 Å². The summed E-state index contributed by atoms with van der Waals surface area (Å²) >= 11 is 0. The molecule has 0 saturated heterocycles. The number of aliphatic hydroxyl groups excluding tert-OH is 1. The lowest BCUT2D eigenvalue weighted by atomic mass is 10.2. The summed E-state index contributed by atoms with van der Waals surface area (Å²) in [7, 11) is 0. The van der Waals surface area contributed by atoms with Gasteiger partial charge in [0, 0.05) is 18.3 Å². The van der Waals surface area contributed by atoms with Crippen molar-refractivity contribution in [2.75, 3.05) is 6.61 Å². The fourth-order valence-electron chi connectivity index (χ4n) is 0.647. The predicted octanol–water partition coefficient (Wildman–Crippen LogP) is 0.572. The van der Waals surface area contributed by atoms with Gasteiger partial charge in [-0.25, -0.2) is 9.97 Å². The number of hydrogen-bond acceptors (Lipinski definition) is 3. The van der Waals surface area contributed by atoms with Crippen molar-refractivity contribution in [1.29, 1.82) is 0 Å². The first-order chi connectivity index (χ1) is 4.84. The zero-order valence-electron chi connectivity index (χ0n) is 5.86. The molecule has 0 radical (unpaired) electrons. The van der Waals surface area contributed by atoms with Crippen LogP contribution in [0.25, 0.3) is 0 Å². The molecule has 3 heteroatoms. The average molecular weight is 138 g/mol. The molecule has 3 nitrogen and oxygen atoms in total. The van der Waals surface area contributed by atoms with Crippen LogP contribution < -0.4 is 0 Å². The van der Waals surface area contributed by atoms with Gasteiger partial charge in [0.25, 0.3) is 0 Å². The molecule has 0 aliphatic rings. The smallest absolute Gasteiger partial charge is 0.133 e. The lowest BCUT2D eigenvalue weighted by Gasteiger charge is -2.03. The first kappa shape index (κ1) is 7.15. The topological polar surface area (TPSA) is 46.0 Å². The van der Waals surface area contributed by atoms with Crippen LogP contribution in [0.4, 0.5) is 0 Å². The lowest BCUT2D eigenvalue weighted by molar-refractivity contribution is 0.268. The van der Waals surface area contributed by atoms with Crippen molar-refractivity contribution in [2.24, 2.45) is 0 Å². The molecule has 0 spiro atoms. The molecule has 0 amide bonds. The third-order valence-electron chi connectivity index (χ3n) is 1.30. The minimum atomic E-state index is 0.0428. The molecular weight excluding hydrogens is 128 g/mol. The Kier molecular flexibility index (Phi) is 2.34. The van der Waals surface area contributed by atoms with E-state index in [1.54, 1.807) is 18.5 Å². The molecule has 0 saturated carbocycles. The van der Waals surface area contributed by atoms with Gasteiger partial charge in [-0.1, -0.05) is 6.92 Å². The van der Waals surface area contributed by atoms with E-state index in [-0.39, 0.29) is 12.5 Å². The van der Waals surface area contributed by atoms with Gasteiger partial charge in [-0.3, -0.25) is 0 Å². The summed E-state index contributed by atoms with van der Waals surface area (Å²) in [5, 5.41) is 8.71. The largest absolute Gasteiger partial charge is 0.396 e. The van der Waals surface area contributed by atoms with Crippen LogP contribution in [-0.2, 0) is 0 Å². The number of aromatic nitrogens is 2. The first-order valence-corrected chi connectivity index (χ1v) is 3.22. The average Bonchev–Trinajstić information content (AvgIpc) is 2.05. The summed E-state index contributed by atoms with van der Waals surface area (Å²) in [6, 6.07) is 1.76. The van der Waals surface area contributed by atoms with Gasteiger partial charge in [-0.15, -0.1) is 0 Å². The van der Waals surface area contributed by atoms with Crippen LogP contribution in [0.15, 0.2) is 18.5 Å². The van der Waals surface area contributed by atoms with E-state index < -0.39 is 0 Å². The van der Waals surface area contributed by atoms with Crippen LogP contribution in [0, 0.1) is 0 Å². The molecule has 1 N–H and O–H groups in total. The molecule has 0 bridgehead atoms. The molecule has 1 rings (SSSR count). The zero-order valence-corrected chi connectivity index (χ0v) is 5.86. The van der Waals surface area contributed by atoms with Crippen molar-refractivity contribution in [3.05, 3.63) is 24.3 Å². The van der Waals surface area contributed by atoms with Crippen LogP contribution in [0.5, 0.6) is 0 Å². The maximum Gasteiger partial charge on any atom is 0.133 e. The summed E-state index contributed by atoms with van der Waals surface area (Å²) in [6.07, 6.45) is 3.35. The Bertz CT molecular complexity index is 188. The van der Waals surface area contributed by atoms with Crippen LogP contribution in [0.1, 0.15) is 18.7 Å². The quantitative estimate of drug-likeness (QED) is 0.650. The molecule has 10 heavy (non-hydrogen) atoms. The van der Waals surface area contributed by atoms with Gasteiger partial charge in [0.2, 0.25) is 0 Å². The van der Waals surface area contributed by atoms with E-state index in [4.69, 9.17) is 5.11 Å². The normalized spacial score (nSPS) is 13.0. The highest BCUT2D eigenvalue weighted by Gasteiger charge is 2.03. The maximum atomic E-state index is 8.71. The van der Waals surface area contributed by atoms with E-state index in [2.05, 4.69) is 9.97 Å². The number of nitrogens with zero attached hydrogens (tertiary/aromatic N) is 2. The van der Waals surface area contributed by atoms with Gasteiger partial charge in [-0.05, 0) is 6.07 Å². The van der Waals surface area contributed by atoms with E-state index in [9.17, 15) is 0 Å². The third kappa shape index (κ3) is 1.51. The van der Waals surface area contributed by atoms with E-state index in [0.29, 0.717) is 5.82 Å². The van der Waals surface area contributed by atoms with Crippen molar-refractivity contribution >= 4 is 0 Å². The number of rotatable bonds is 2. The molecule has 0 fully saturated rings. The standard InChI is InChI=1S/C7H10N2O/c1-6(5-10)7-8-3-2-4-9-7/h2-4,6,10H,5H2,1H3/t6-/m0/s1. The molecule has 0 aliphatic heterocycles. The Morgan fingerprint density at radius 2 is 2.10 bits per heavy atom. The minimum Gasteiger partial charge on any atom is -0.396 e. The molecule has 54 valence electrons. The first-order valence-electron chi connectivity index (χ1n) is 3.22. The number of aliphatic hydroxyl groups is 1. The van der Waals surface area contributed by atoms with E-state index in [0.717, 1.165) is 0 Å². The fourth-order valence-corrected chi connectivity index (χ4v) is 0.647. The summed E-state index contributed by atoms with van der Waals surface area (Å²) < 4.78 is 0. The number of hydrogen-bond donors (Lipinski definition) is 1. The molecular formula is C7H10N2O. The highest BCUT2D eigenvalue weighted by Crippen LogP contribution is 2.05. The molecule has 1 atom stereocenters. The predicted molar refractivity (Wildman–Crippen MR) is 37.5 cm³/mol. The van der Waals surface area contributed by atoms with Crippen molar-refractivity contribution < 1.29 is 5.11 Å². The van der Waals surface area contributed by atoms with Crippen molar-refractivity contribution in [3.63, 3.8) is 0 Å². The van der Waals surface area contributed by atoms with Gasteiger partial charge >= 0.3 is 0 Å². The van der Waals surface area contributed by atoms with Gasteiger partial charge < -0.3 is 5.11 Å². The second kappa shape index (κ2) is 3.27. The minimum absolute atomic E-state index is 0.0428. The van der Waals surface area contributed by atoms with E-state index >= 15 is 0 Å². The maximum absolute atomic E-state index is 8.71. The monoisotopic (exact) mass is 138 g/mol. The Morgan fingerprint density at radius 1 is 1.50 bits per heavy atom. The second-order valence-corrected chi connectivity index (χ2v) is 2.19. The van der Waals surface area contributed by atoms with Gasteiger partial charge in [0.15, 0.2) is 0 Å². The summed E-state index contributed by atoms with van der Waals surface area (Å²) in [5.41, 5.74) is 0. The summed E-state index contributed by atoms with van der Waals surface area (Å²) in [5.74, 6) is 0.742. The molecule has 1 aromatic rings. The Balaban J connectivity index is 2.75. The van der Waals surface area contributed by atoms with Crippen molar-refractivity contribution in [3.8, 4) is 0 Å². The Hall–Kier alpha value is -0.960. The second-order valence-electron chi connectivity index (χ2n) is 2.19. The summed E-state index contributed by atoms with van der Waals surface area (Å²) in [4.78, 5) is 7.96. The van der Waals surface area contributed by atoms with E-state index in [1.165, 1.54) is 0 Å². The van der Waals surface area contributed by atoms with Gasteiger partial charge in [-0.2, -0.15) is 0 Å². The SMILES string of the molecule is C[C@@H](CO)c1ncccn1. The Labute approximate surface area is 59.8 Å². The van der Waals surface area contributed by atoms with Crippen molar-refractivity contribution in [1.82, 2.24) is 9.97 Å². The highest BCUT2D eigenvalue weighted by molar-refractivity contribution is 4.94. The van der Waals surface area contributed by atoms with E-state index in [1.807, 2.05) is 6.92 Å². The Morgan fingerprint density at radius 3 is 2.60 bits per heavy atom. The molecule has 0 aliphatic carbocycles. The van der Waals surface area contributed by atoms with Gasteiger partial charge in [0.1, 0.15) is 5.82 Å². The lowest BCUT2D eigenvalue weighted by Crippen LogP contribution is -2.03. The molecule has 1 aromatic heterocycles. The van der Waals surface area contributed by atoms with Crippen molar-refractivity contribution in [2.45, 2.75) is 12.8 Å². The fraction of sp³-hybridized carbons (Fsp3) is 0.429. The molecule has 1 heterocycles. The zero-order chi connectivity index (χ0) is 7.40. The highest BCUT2D eigenvalue weighted by atomic mass is 16.3. The molecule has 0 unspecified atom stereocenters. The van der Waals surface area contributed by atoms with Crippen LogP contribution >= 0.6 is 0 Å². The van der Waals surface area contributed by atoms with Gasteiger partial charge in [0.05, 0.1) is 6.61 Å². The molecule has 0 aromatic carbocycles. The summed E-state index contributed by atoms with van der Waals surface area (Å²) in [6.45, 7) is 1.99. The third-order valence-corrected chi connectivity index (χ3v) is 1.30.